The lowest BCUT2D eigenvalue weighted by molar-refractivity contribution is -0.0716. The highest BCUT2D eigenvalue weighted by Gasteiger charge is 2.38. The van der Waals surface area contributed by atoms with Crippen LogP contribution in [0.5, 0.6) is 5.75 Å². The van der Waals surface area contributed by atoms with Gasteiger partial charge >= 0.3 is 0 Å². The molecule has 24 heavy (non-hydrogen) atoms. The van der Waals surface area contributed by atoms with E-state index >= 15 is 0 Å². The van der Waals surface area contributed by atoms with E-state index in [-0.39, 0.29) is 6.29 Å². The minimum atomic E-state index is -0.171. The van der Waals surface area contributed by atoms with Crippen molar-refractivity contribution in [1.82, 2.24) is 5.32 Å². The summed E-state index contributed by atoms with van der Waals surface area (Å²) in [6.45, 7) is 6.24. The molecule has 2 saturated carbocycles. The molecule has 3 nitrogen and oxygen atoms in total. The van der Waals surface area contributed by atoms with Gasteiger partial charge in [0.15, 0.2) is 6.29 Å². The molecular formula is C21H31NO2. The van der Waals surface area contributed by atoms with E-state index in [1.807, 2.05) is 6.92 Å². The van der Waals surface area contributed by atoms with Crippen molar-refractivity contribution < 1.29 is 9.47 Å². The summed E-state index contributed by atoms with van der Waals surface area (Å²) in [6, 6.07) is 8.99. The van der Waals surface area contributed by atoms with Gasteiger partial charge in [-0.25, -0.2) is 0 Å². The Labute approximate surface area is 146 Å². The van der Waals surface area contributed by atoms with Gasteiger partial charge in [-0.2, -0.15) is 0 Å². The van der Waals surface area contributed by atoms with Crippen LogP contribution in [0.15, 0.2) is 24.3 Å². The van der Waals surface area contributed by atoms with Gasteiger partial charge in [0.1, 0.15) is 5.75 Å². The third-order valence-electron chi connectivity index (χ3n) is 6.50. The van der Waals surface area contributed by atoms with Crippen LogP contribution in [-0.4, -0.2) is 19.4 Å². The van der Waals surface area contributed by atoms with Crippen LogP contribution in [0.4, 0.5) is 0 Å². The molecular weight excluding hydrogens is 298 g/mol. The van der Waals surface area contributed by atoms with Crippen LogP contribution in [0.2, 0.25) is 0 Å². The average molecular weight is 329 g/mol. The minimum absolute atomic E-state index is 0.171. The quantitative estimate of drug-likeness (QED) is 0.745. The van der Waals surface area contributed by atoms with E-state index < -0.39 is 0 Å². The van der Waals surface area contributed by atoms with E-state index in [1.165, 1.54) is 37.7 Å². The number of ether oxygens (including phenoxy) is 2. The highest BCUT2D eigenvalue weighted by molar-refractivity contribution is 5.30. The number of nitrogens with one attached hydrogen (secondary N) is 1. The Morgan fingerprint density at radius 1 is 1.17 bits per heavy atom. The topological polar surface area (TPSA) is 30.5 Å². The van der Waals surface area contributed by atoms with E-state index in [9.17, 15) is 0 Å². The fraction of sp³-hybridized carbons (Fsp3) is 0.714. The number of fused-ring (bicyclic) bond motifs is 2. The van der Waals surface area contributed by atoms with Gasteiger partial charge in [0.25, 0.3) is 0 Å². The minimum Gasteiger partial charge on any atom is -0.465 e. The molecule has 1 saturated heterocycles. The van der Waals surface area contributed by atoms with Crippen LogP contribution in [0, 0.1) is 23.7 Å². The summed E-state index contributed by atoms with van der Waals surface area (Å²) < 4.78 is 11.8. The second-order valence-electron chi connectivity index (χ2n) is 8.21. The van der Waals surface area contributed by atoms with Crippen LogP contribution in [0.25, 0.3) is 0 Å². The maximum atomic E-state index is 5.91. The van der Waals surface area contributed by atoms with Crippen LogP contribution >= 0.6 is 0 Å². The summed E-state index contributed by atoms with van der Waals surface area (Å²) in [5, 5.41) is 3.47. The summed E-state index contributed by atoms with van der Waals surface area (Å²) >= 11 is 0. The highest BCUT2D eigenvalue weighted by Crippen LogP contribution is 2.49. The van der Waals surface area contributed by atoms with Gasteiger partial charge in [-0.3, -0.25) is 0 Å². The molecule has 132 valence electrons. The number of hydrogen-bond acceptors (Lipinski definition) is 3. The molecule has 1 aliphatic heterocycles. The van der Waals surface area contributed by atoms with Gasteiger partial charge in [-0.05, 0) is 74.0 Å². The lowest BCUT2D eigenvalue weighted by atomic mass is 9.87. The highest BCUT2D eigenvalue weighted by atomic mass is 16.7. The summed E-state index contributed by atoms with van der Waals surface area (Å²) in [5.74, 6) is 4.56. The van der Waals surface area contributed by atoms with Crippen LogP contribution < -0.4 is 10.1 Å². The first kappa shape index (κ1) is 16.4. The summed E-state index contributed by atoms with van der Waals surface area (Å²) in [5.41, 5.74) is 1.35. The first-order valence-electron chi connectivity index (χ1n) is 9.80. The van der Waals surface area contributed by atoms with Crippen molar-refractivity contribution in [2.75, 3.05) is 13.2 Å². The molecule has 6 atom stereocenters. The molecule has 1 N–H and O–H groups in total. The van der Waals surface area contributed by atoms with E-state index in [0.29, 0.717) is 6.04 Å². The van der Waals surface area contributed by atoms with E-state index in [4.69, 9.17) is 9.47 Å². The predicted octanol–water partition coefficient (Wildman–Crippen LogP) is 4.53. The molecule has 0 spiro atoms. The van der Waals surface area contributed by atoms with E-state index in [1.54, 1.807) is 0 Å². The standard InChI is InChI=1S/C21H31NO2/c1-14-13-22-21(14)17-5-7-20(8-6-17)24-15(2)23-10-9-19-12-16-3-4-18(19)11-16/h5-8,14-16,18-19,21-22H,3-4,9-13H2,1-2H3. The van der Waals surface area contributed by atoms with Crippen LogP contribution in [0.3, 0.4) is 0 Å². The normalized spacial score (nSPS) is 35.7. The molecule has 1 aromatic rings. The van der Waals surface area contributed by atoms with E-state index in [2.05, 4.69) is 36.5 Å². The Bertz CT molecular complexity index is 543. The SMILES string of the molecule is CC(OCCC1CC2CCC1C2)Oc1ccc(C2NCC2C)cc1. The zero-order valence-electron chi connectivity index (χ0n) is 15.0. The molecule has 3 heteroatoms. The Kier molecular flexibility index (Phi) is 4.82. The monoisotopic (exact) mass is 329 g/mol. The van der Waals surface area contributed by atoms with Gasteiger partial charge in [0.2, 0.25) is 0 Å². The molecule has 1 heterocycles. The van der Waals surface area contributed by atoms with Crippen LogP contribution in [-0.2, 0) is 4.74 Å². The van der Waals surface area contributed by atoms with Crippen molar-refractivity contribution >= 4 is 0 Å². The molecule has 0 radical (unpaired) electrons. The summed E-state index contributed by atoms with van der Waals surface area (Å²) in [4.78, 5) is 0. The van der Waals surface area contributed by atoms with Gasteiger partial charge in [-0.1, -0.05) is 25.5 Å². The zero-order valence-corrected chi connectivity index (χ0v) is 15.0. The second kappa shape index (κ2) is 7.05. The molecule has 0 amide bonds. The van der Waals surface area contributed by atoms with Crippen molar-refractivity contribution in [2.24, 2.45) is 23.7 Å². The average Bonchev–Trinajstić information content (AvgIpc) is 3.18. The van der Waals surface area contributed by atoms with Gasteiger partial charge in [0, 0.05) is 12.6 Å². The van der Waals surface area contributed by atoms with Crippen molar-refractivity contribution in [3.8, 4) is 5.75 Å². The summed E-state index contributed by atoms with van der Waals surface area (Å²) in [6.07, 6.45) is 6.90. The summed E-state index contributed by atoms with van der Waals surface area (Å²) in [7, 11) is 0. The van der Waals surface area contributed by atoms with Crippen molar-refractivity contribution in [2.45, 2.75) is 58.3 Å². The molecule has 3 aliphatic rings. The van der Waals surface area contributed by atoms with Crippen LogP contribution in [0.1, 0.15) is 57.6 Å². The second-order valence-corrected chi connectivity index (χ2v) is 8.21. The molecule has 2 bridgehead atoms. The Morgan fingerprint density at radius 3 is 2.58 bits per heavy atom. The van der Waals surface area contributed by atoms with Gasteiger partial charge < -0.3 is 14.8 Å². The third-order valence-corrected chi connectivity index (χ3v) is 6.50. The lowest BCUT2D eigenvalue weighted by Gasteiger charge is -2.36. The smallest absolute Gasteiger partial charge is 0.196 e. The van der Waals surface area contributed by atoms with Crippen molar-refractivity contribution in [3.63, 3.8) is 0 Å². The zero-order chi connectivity index (χ0) is 16.5. The van der Waals surface area contributed by atoms with E-state index in [0.717, 1.165) is 42.6 Å². The molecule has 3 fully saturated rings. The maximum Gasteiger partial charge on any atom is 0.196 e. The van der Waals surface area contributed by atoms with Crippen molar-refractivity contribution in [3.05, 3.63) is 29.8 Å². The molecule has 0 aromatic heterocycles. The maximum absolute atomic E-state index is 5.91. The third kappa shape index (κ3) is 3.48. The first-order chi connectivity index (χ1) is 11.7. The fourth-order valence-corrected chi connectivity index (χ4v) is 5.01. The predicted molar refractivity (Wildman–Crippen MR) is 95.9 cm³/mol. The molecule has 4 rings (SSSR count). The Hall–Kier alpha value is -1.06. The molecule has 2 aliphatic carbocycles. The number of hydrogen-bond donors (Lipinski definition) is 1. The largest absolute Gasteiger partial charge is 0.465 e. The Balaban J connectivity index is 1.19. The molecule has 1 aromatic carbocycles. The number of rotatable bonds is 7. The van der Waals surface area contributed by atoms with Gasteiger partial charge in [-0.15, -0.1) is 0 Å². The Morgan fingerprint density at radius 2 is 2.00 bits per heavy atom. The van der Waals surface area contributed by atoms with Gasteiger partial charge in [0.05, 0.1) is 6.61 Å². The fourth-order valence-electron chi connectivity index (χ4n) is 5.01. The van der Waals surface area contributed by atoms with Crippen molar-refractivity contribution in [1.29, 1.82) is 0 Å². The number of benzene rings is 1. The molecule has 6 unspecified atom stereocenters. The lowest BCUT2D eigenvalue weighted by Crippen LogP contribution is -2.43. The first-order valence-corrected chi connectivity index (χ1v) is 9.80.